The van der Waals surface area contributed by atoms with Gasteiger partial charge in [-0.2, -0.15) is 0 Å². The summed E-state index contributed by atoms with van der Waals surface area (Å²) in [5, 5.41) is 0. The molecule has 0 amide bonds. The van der Waals surface area contributed by atoms with Crippen molar-refractivity contribution in [3.05, 3.63) is 35.7 Å². The largest absolute Gasteiger partial charge is 0.543 e. The molecule has 19 heavy (non-hydrogen) atoms. The molecule has 0 heterocycles. The Morgan fingerprint density at radius 2 is 1.32 bits per heavy atom. The first-order valence-electron chi connectivity index (χ1n) is 7.01. The van der Waals surface area contributed by atoms with Gasteiger partial charge in [0.2, 0.25) is 0 Å². The van der Waals surface area contributed by atoms with Crippen LogP contribution in [0.1, 0.15) is 41.5 Å². The van der Waals surface area contributed by atoms with Gasteiger partial charge in [-0.15, -0.1) is 0 Å². The number of nitrogens with zero attached hydrogens (tertiary/aromatic N) is 1. The molecule has 0 saturated heterocycles. The van der Waals surface area contributed by atoms with Crippen molar-refractivity contribution in [3.8, 4) is 5.75 Å². The van der Waals surface area contributed by atoms with E-state index in [4.69, 9.17) is 11.0 Å². The van der Waals surface area contributed by atoms with Crippen LogP contribution in [0.15, 0.2) is 24.3 Å². The van der Waals surface area contributed by atoms with E-state index in [1.54, 1.807) is 0 Å². The highest BCUT2D eigenvalue weighted by atomic mass is 28.4. The van der Waals surface area contributed by atoms with Crippen molar-refractivity contribution < 1.29 is 4.43 Å². The predicted molar refractivity (Wildman–Crippen MR) is 84.4 cm³/mol. The summed E-state index contributed by atoms with van der Waals surface area (Å²) in [7, 11) is -1.87. The van der Waals surface area contributed by atoms with E-state index in [9.17, 15) is 0 Å². The molecule has 0 aliphatic heterocycles. The fourth-order valence-electron chi connectivity index (χ4n) is 3.15. The second-order valence-corrected chi connectivity index (χ2v) is 11.4. The Morgan fingerprint density at radius 1 is 0.895 bits per heavy atom. The molecular weight excluding hydrogens is 250 g/mol. The van der Waals surface area contributed by atoms with Gasteiger partial charge < -0.3 is 4.43 Å². The van der Waals surface area contributed by atoms with Crippen LogP contribution in [0.5, 0.6) is 5.75 Å². The molecule has 1 aromatic carbocycles. The minimum absolute atomic E-state index is 0.563. The molecule has 2 nitrogen and oxygen atoms in total. The fourth-order valence-corrected chi connectivity index (χ4v) is 8.40. The van der Waals surface area contributed by atoms with Gasteiger partial charge >= 0.3 is 0 Å². The quantitative estimate of drug-likeness (QED) is 0.489. The Labute approximate surface area is 118 Å². The van der Waals surface area contributed by atoms with E-state index in [-0.39, 0.29) is 0 Å². The third kappa shape index (κ3) is 3.19. The average molecular weight is 275 g/mol. The van der Waals surface area contributed by atoms with Crippen LogP contribution in [-0.4, -0.2) is 8.32 Å². The first kappa shape index (κ1) is 15.8. The molecule has 0 fully saturated rings. The minimum Gasteiger partial charge on any atom is -0.543 e. The first-order chi connectivity index (χ1) is 8.84. The lowest BCUT2D eigenvalue weighted by Gasteiger charge is -2.42. The van der Waals surface area contributed by atoms with Crippen molar-refractivity contribution in [3.63, 3.8) is 0 Å². The molecule has 0 N–H and O–H groups in total. The summed E-state index contributed by atoms with van der Waals surface area (Å²) >= 11 is 0. The van der Waals surface area contributed by atoms with Gasteiger partial charge in [-0.05, 0) is 28.8 Å². The van der Waals surface area contributed by atoms with Gasteiger partial charge in [0.1, 0.15) is 5.75 Å². The van der Waals surface area contributed by atoms with Crippen molar-refractivity contribution >= 4 is 14.0 Å². The van der Waals surface area contributed by atoms with Gasteiger partial charge in [0.25, 0.3) is 8.32 Å². The molecule has 0 aromatic heterocycles. The zero-order valence-electron chi connectivity index (χ0n) is 12.9. The van der Waals surface area contributed by atoms with E-state index in [0.717, 1.165) is 5.75 Å². The highest BCUT2D eigenvalue weighted by molar-refractivity contribution is 6.78. The molecular formula is C16H25NOSi. The van der Waals surface area contributed by atoms with Gasteiger partial charge in [-0.25, -0.2) is 4.85 Å². The maximum Gasteiger partial charge on any atom is 0.258 e. The SMILES string of the molecule is [C-]#[N+]c1ccc(O[Si](C(C)C)(C(C)C)C(C)C)cc1. The molecule has 1 rings (SSSR count). The number of hydrogen-bond donors (Lipinski definition) is 0. The standard InChI is InChI=1S/C16H25NOSi/c1-12(2)19(13(3)4,14(5)6)18-16-10-8-15(17-7)9-11-16/h8-14H,1-6H3. The third-order valence-electron chi connectivity index (χ3n) is 3.97. The molecule has 3 heteroatoms. The summed E-state index contributed by atoms with van der Waals surface area (Å²) < 4.78 is 6.52. The molecule has 0 aliphatic rings. The van der Waals surface area contributed by atoms with Gasteiger partial charge in [-0.3, -0.25) is 0 Å². The first-order valence-corrected chi connectivity index (χ1v) is 9.15. The monoisotopic (exact) mass is 275 g/mol. The van der Waals surface area contributed by atoms with Crippen LogP contribution < -0.4 is 4.43 Å². The summed E-state index contributed by atoms with van der Waals surface area (Å²) in [6.07, 6.45) is 0. The summed E-state index contributed by atoms with van der Waals surface area (Å²) in [4.78, 5) is 3.42. The summed E-state index contributed by atoms with van der Waals surface area (Å²) in [5.74, 6) is 0.912. The van der Waals surface area contributed by atoms with Crippen LogP contribution >= 0.6 is 0 Å². The van der Waals surface area contributed by atoms with E-state index in [0.29, 0.717) is 22.3 Å². The lowest BCUT2D eigenvalue weighted by Crippen LogP contribution is -2.50. The molecule has 0 aliphatic carbocycles. The van der Waals surface area contributed by atoms with E-state index < -0.39 is 8.32 Å². The Morgan fingerprint density at radius 3 is 1.63 bits per heavy atom. The maximum atomic E-state index is 6.99. The zero-order valence-corrected chi connectivity index (χ0v) is 13.9. The van der Waals surface area contributed by atoms with Crippen LogP contribution in [0.25, 0.3) is 4.85 Å². The van der Waals surface area contributed by atoms with E-state index in [1.807, 2.05) is 24.3 Å². The Bertz CT molecular complexity index is 421. The van der Waals surface area contributed by atoms with Crippen LogP contribution in [0.2, 0.25) is 16.6 Å². The van der Waals surface area contributed by atoms with Crippen molar-refractivity contribution in [2.45, 2.75) is 58.2 Å². The Hall–Kier alpha value is -1.27. The second kappa shape index (κ2) is 6.25. The minimum atomic E-state index is -1.87. The van der Waals surface area contributed by atoms with E-state index >= 15 is 0 Å². The van der Waals surface area contributed by atoms with Crippen molar-refractivity contribution in [1.82, 2.24) is 0 Å². The zero-order chi connectivity index (χ0) is 14.6. The van der Waals surface area contributed by atoms with E-state index in [2.05, 4.69) is 46.4 Å². The van der Waals surface area contributed by atoms with Crippen molar-refractivity contribution in [2.24, 2.45) is 0 Å². The second-order valence-electron chi connectivity index (χ2n) is 6.03. The molecule has 1 aromatic rings. The average Bonchev–Trinajstić information content (AvgIpc) is 2.35. The molecule has 0 saturated carbocycles. The Balaban J connectivity index is 3.10. The number of hydrogen-bond acceptors (Lipinski definition) is 1. The van der Waals surface area contributed by atoms with Gasteiger partial charge in [-0.1, -0.05) is 53.7 Å². The van der Waals surface area contributed by atoms with Crippen molar-refractivity contribution in [2.75, 3.05) is 0 Å². The Kier molecular flexibility index (Phi) is 5.19. The maximum absolute atomic E-state index is 6.99. The van der Waals surface area contributed by atoms with Crippen LogP contribution in [-0.2, 0) is 0 Å². The topological polar surface area (TPSA) is 13.6 Å². The van der Waals surface area contributed by atoms with Crippen LogP contribution in [0.3, 0.4) is 0 Å². The van der Waals surface area contributed by atoms with Crippen LogP contribution in [0, 0.1) is 6.57 Å². The van der Waals surface area contributed by atoms with Gasteiger partial charge in [0.15, 0.2) is 5.69 Å². The highest BCUT2D eigenvalue weighted by Crippen LogP contribution is 2.42. The smallest absolute Gasteiger partial charge is 0.258 e. The number of rotatable bonds is 5. The summed E-state index contributed by atoms with van der Waals surface area (Å²) in [6.45, 7) is 20.7. The highest BCUT2D eigenvalue weighted by Gasteiger charge is 2.46. The third-order valence-corrected chi connectivity index (χ3v) is 9.97. The van der Waals surface area contributed by atoms with Gasteiger partial charge in [0, 0.05) is 0 Å². The lowest BCUT2D eigenvalue weighted by atomic mass is 10.3. The van der Waals surface area contributed by atoms with E-state index in [1.165, 1.54) is 0 Å². The van der Waals surface area contributed by atoms with Crippen molar-refractivity contribution in [1.29, 1.82) is 0 Å². The van der Waals surface area contributed by atoms with Gasteiger partial charge in [0.05, 0.1) is 6.57 Å². The fraction of sp³-hybridized carbons (Fsp3) is 0.562. The molecule has 0 unspecified atom stereocenters. The normalized spacial score (nSPS) is 12.0. The number of benzene rings is 1. The molecule has 0 bridgehead atoms. The molecule has 0 radical (unpaired) electrons. The molecule has 0 spiro atoms. The molecule has 104 valence electrons. The predicted octanol–water partition coefficient (Wildman–Crippen LogP) is 5.79. The summed E-state index contributed by atoms with van der Waals surface area (Å²) in [6, 6.07) is 7.54. The van der Waals surface area contributed by atoms with Crippen LogP contribution in [0.4, 0.5) is 5.69 Å². The lowest BCUT2D eigenvalue weighted by molar-refractivity contribution is 0.480. The molecule has 0 atom stereocenters. The summed E-state index contributed by atoms with van der Waals surface area (Å²) in [5.41, 5.74) is 2.35.